The third kappa shape index (κ3) is 2.56. The number of carbonyl (C=O) groups excluding carboxylic acids is 1. The van der Waals surface area contributed by atoms with Gasteiger partial charge in [0.2, 0.25) is 0 Å². The summed E-state index contributed by atoms with van der Waals surface area (Å²) in [7, 11) is 1.79. The molecule has 1 heterocycles. The zero-order chi connectivity index (χ0) is 10.6. The standard InChI is InChI=1S/C9H15N3O2/c1-3-14-9(13)6-7(10)8-4-5-11-12(8)2/h4-5,7H,3,6,10H2,1-2H3/t7-/m1/s1. The Morgan fingerprint density at radius 1 is 1.79 bits per heavy atom. The van der Waals surface area contributed by atoms with Gasteiger partial charge in [-0.15, -0.1) is 0 Å². The molecule has 5 nitrogen and oxygen atoms in total. The maximum absolute atomic E-state index is 11.1. The number of ether oxygens (including phenoxy) is 1. The Morgan fingerprint density at radius 3 is 3.00 bits per heavy atom. The van der Waals surface area contributed by atoms with E-state index in [2.05, 4.69) is 5.10 Å². The molecular formula is C9H15N3O2. The first kappa shape index (κ1) is 10.7. The average Bonchev–Trinajstić information content (AvgIpc) is 2.51. The van der Waals surface area contributed by atoms with E-state index in [9.17, 15) is 4.79 Å². The number of nitrogens with two attached hydrogens (primary N) is 1. The molecule has 0 saturated carbocycles. The minimum atomic E-state index is -0.346. The largest absolute Gasteiger partial charge is 0.466 e. The summed E-state index contributed by atoms with van der Waals surface area (Å²) in [6.45, 7) is 2.16. The SMILES string of the molecule is CCOC(=O)C[C@@H](N)c1ccnn1C. The highest BCUT2D eigenvalue weighted by molar-refractivity contribution is 5.70. The second-order valence-electron chi connectivity index (χ2n) is 3.00. The highest BCUT2D eigenvalue weighted by Gasteiger charge is 2.14. The summed E-state index contributed by atoms with van der Waals surface area (Å²) >= 11 is 0. The fourth-order valence-corrected chi connectivity index (χ4v) is 1.25. The molecule has 14 heavy (non-hydrogen) atoms. The number of hydrogen-bond donors (Lipinski definition) is 1. The first-order valence-corrected chi connectivity index (χ1v) is 4.54. The van der Waals surface area contributed by atoms with Crippen LogP contribution in [0.25, 0.3) is 0 Å². The second kappa shape index (κ2) is 4.76. The normalized spacial score (nSPS) is 12.5. The Morgan fingerprint density at radius 2 is 2.50 bits per heavy atom. The van der Waals surface area contributed by atoms with Crippen LogP contribution in [0.3, 0.4) is 0 Å². The van der Waals surface area contributed by atoms with Gasteiger partial charge in [0.15, 0.2) is 0 Å². The van der Waals surface area contributed by atoms with E-state index >= 15 is 0 Å². The molecule has 0 unspecified atom stereocenters. The van der Waals surface area contributed by atoms with E-state index in [0.717, 1.165) is 5.69 Å². The Hall–Kier alpha value is -1.36. The molecule has 1 rings (SSSR count). The van der Waals surface area contributed by atoms with Crippen LogP contribution >= 0.6 is 0 Å². The molecule has 2 N–H and O–H groups in total. The number of aromatic nitrogens is 2. The quantitative estimate of drug-likeness (QED) is 0.708. The summed E-state index contributed by atoms with van der Waals surface area (Å²) in [4.78, 5) is 11.1. The van der Waals surface area contributed by atoms with Gasteiger partial charge in [0.05, 0.1) is 24.8 Å². The van der Waals surface area contributed by atoms with Crippen LogP contribution in [0.1, 0.15) is 25.1 Å². The molecule has 0 bridgehead atoms. The van der Waals surface area contributed by atoms with Gasteiger partial charge in [0.1, 0.15) is 0 Å². The molecule has 0 aliphatic carbocycles. The van der Waals surface area contributed by atoms with E-state index < -0.39 is 0 Å². The Bertz CT molecular complexity index is 309. The van der Waals surface area contributed by atoms with Gasteiger partial charge in [-0.25, -0.2) is 0 Å². The maximum Gasteiger partial charge on any atom is 0.307 e. The van der Waals surface area contributed by atoms with Crippen molar-refractivity contribution in [2.75, 3.05) is 6.61 Å². The Kier molecular flexibility index (Phi) is 3.64. The second-order valence-corrected chi connectivity index (χ2v) is 3.00. The molecule has 0 aliphatic heterocycles. The van der Waals surface area contributed by atoms with E-state index in [4.69, 9.17) is 10.5 Å². The van der Waals surface area contributed by atoms with Crippen LogP contribution in [0.4, 0.5) is 0 Å². The highest BCUT2D eigenvalue weighted by atomic mass is 16.5. The molecular weight excluding hydrogens is 182 g/mol. The van der Waals surface area contributed by atoms with Crippen molar-refractivity contribution in [3.8, 4) is 0 Å². The fraction of sp³-hybridized carbons (Fsp3) is 0.556. The third-order valence-corrected chi connectivity index (χ3v) is 1.93. The first-order valence-electron chi connectivity index (χ1n) is 4.54. The van der Waals surface area contributed by atoms with Crippen molar-refractivity contribution in [3.63, 3.8) is 0 Å². The van der Waals surface area contributed by atoms with E-state index in [0.29, 0.717) is 6.61 Å². The van der Waals surface area contributed by atoms with Crippen LogP contribution in [0, 0.1) is 0 Å². The Labute approximate surface area is 82.8 Å². The molecule has 0 fully saturated rings. The van der Waals surface area contributed by atoms with Crippen molar-refractivity contribution >= 4 is 5.97 Å². The fourth-order valence-electron chi connectivity index (χ4n) is 1.25. The highest BCUT2D eigenvalue weighted by Crippen LogP contribution is 2.12. The lowest BCUT2D eigenvalue weighted by molar-refractivity contribution is -0.143. The number of hydrogen-bond acceptors (Lipinski definition) is 4. The van der Waals surface area contributed by atoms with E-state index in [1.54, 1.807) is 30.9 Å². The zero-order valence-electron chi connectivity index (χ0n) is 8.43. The molecule has 0 aromatic carbocycles. The van der Waals surface area contributed by atoms with Crippen molar-refractivity contribution in [1.29, 1.82) is 0 Å². The van der Waals surface area contributed by atoms with Crippen molar-refractivity contribution in [1.82, 2.24) is 9.78 Å². The first-order chi connectivity index (χ1) is 6.65. The van der Waals surface area contributed by atoms with E-state index in [1.165, 1.54) is 0 Å². The molecule has 1 atom stereocenters. The zero-order valence-corrected chi connectivity index (χ0v) is 8.43. The van der Waals surface area contributed by atoms with Gasteiger partial charge in [0.25, 0.3) is 0 Å². The van der Waals surface area contributed by atoms with Crippen LogP contribution < -0.4 is 5.73 Å². The van der Waals surface area contributed by atoms with Gasteiger partial charge >= 0.3 is 5.97 Å². The van der Waals surface area contributed by atoms with Gasteiger partial charge in [-0.3, -0.25) is 9.48 Å². The van der Waals surface area contributed by atoms with Crippen molar-refractivity contribution in [2.45, 2.75) is 19.4 Å². The number of esters is 1. The number of carbonyl (C=O) groups is 1. The number of aryl methyl sites for hydroxylation is 1. The van der Waals surface area contributed by atoms with Gasteiger partial charge in [0, 0.05) is 13.2 Å². The van der Waals surface area contributed by atoms with Gasteiger partial charge in [-0.2, -0.15) is 5.10 Å². The van der Waals surface area contributed by atoms with Crippen LogP contribution in [0.15, 0.2) is 12.3 Å². The minimum absolute atomic E-state index is 0.188. The summed E-state index contributed by atoms with van der Waals surface area (Å²) in [5.74, 6) is -0.277. The van der Waals surface area contributed by atoms with Crippen molar-refractivity contribution in [3.05, 3.63) is 18.0 Å². The summed E-state index contributed by atoms with van der Waals surface area (Å²) in [6, 6.07) is 1.45. The smallest absolute Gasteiger partial charge is 0.307 e. The number of nitrogens with zero attached hydrogens (tertiary/aromatic N) is 2. The molecule has 0 amide bonds. The monoisotopic (exact) mass is 197 g/mol. The Balaban J connectivity index is 2.54. The van der Waals surface area contributed by atoms with E-state index in [1.807, 2.05) is 0 Å². The molecule has 0 radical (unpaired) electrons. The lowest BCUT2D eigenvalue weighted by atomic mass is 10.1. The topological polar surface area (TPSA) is 70.1 Å². The van der Waals surface area contributed by atoms with Gasteiger partial charge in [-0.05, 0) is 13.0 Å². The van der Waals surface area contributed by atoms with Gasteiger partial charge < -0.3 is 10.5 Å². The number of rotatable bonds is 4. The predicted molar refractivity (Wildman–Crippen MR) is 51.4 cm³/mol. The van der Waals surface area contributed by atoms with Crippen LogP contribution in [0.5, 0.6) is 0 Å². The summed E-state index contributed by atoms with van der Waals surface area (Å²) in [5.41, 5.74) is 6.64. The minimum Gasteiger partial charge on any atom is -0.466 e. The predicted octanol–water partition coefficient (Wildman–Crippen LogP) is 0.373. The van der Waals surface area contributed by atoms with Crippen LogP contribution in [-0.4, -0.2) is 22.4 Å². The van der Waals surface area contributed by atoms with Crippen LogP contribution in [-0.2, 0) is 16.6 Å². The summed E-state index contributed by atoms with van der Waals surface area (Å²) in [5, 5.41) is 3.98. The molecule has 0 saturated heterocycles. The van der Waals surface area contributed by atoms with Crippen LogP contribution in [0.2, 0.25) is 0 Å². The van der Waals surface area contributed by atoms with Gasteiger partial charge in [-0.1, -0.05) is 0 Å². The average molecular weight is 197 g/mol. The third-order valence-electron chi connectivity index (χ3n) is 1.93. The molecule has 5 heteroatoms. The molecule has 0 spiro atoms. The lowest BCUT2D eigenvalue weighted by Crippen LogP contribution is -2.19. The molecule has 78 valence electrons. The molecule has 0 aliphatic rings. The van der Waals surface area contributed by atoms with E-state index in [-0.39, 0.29) is 18.4 Å². The van der Waals surface area contributed by atoms with Crippen molar-refractivity contribution in [2.24, 2.45) is 12.8 Å². The maximum atomic E-state index is 11.1. The molecule has 1 aromatic rings. The molecule has 1 aromatic heterocycles. The summed E-state index contributed by atoms with van der Waals surface area (Å²) in [6.07, 6.45) is 1.84. The summed E-state index contributed by atoms with van der Waals surface area (Å²) < 4.78 is 6.46. The van der Waals surface area contributed by atoms with Crippen molar-refractivity contribution < 1.29 is 9.53 Å². The lowest BCUT2D eigenvalue weighted by Gasteiger charge is -2.10.